The topological polar surface area (TPSA) is 91.5 Å². The molecule has 8 heteroatoms. The van der Waals surface area contributed by atoms with Gasteiger partial charge in [0, 0.05) is 17.7 Å². The van der Waals surface area contributed by atoms with Crippen molar-refractivity contribution in [1.82, 2.24) is 4.98 Å². The van der Waals surface area contributed by atoms with E-state index in [0.29, 0.717) is 44.5 Å². The van der Waals surface area contributed by atoms with Crippen LogP contribution in [0.15, 0.2) is 60.3 Å². The zero-order valence-corrected chi connectivity index (χ0v) is 22.7. The summed E-state index contributed by atoms with van der Waals surface area (Å²) in [5.74, 6) is 0.904. The van der Waals surface area contributed by atoms with E-state index in [2.05, 4.69) is 18.0 Å². The number of nitrogens with two attached hydrogens (primary N) is 1. The number of rotatable bonds is 9. The van der Waals surface area contributed by atoms with Crippen molar-refractivity contribution in [3.05, 3.63) is 98.3 Å². The number of aryl methyl sites for hydroxylation is 1. The number of Topliss-reactive ketones (excluding diaryl/α,β-unsaturated/α-hetero) is 1. The van der Waals surface area contributed by atoms with Gasteiger partial charge >= 0.3 is 5.97 Å². The van der Waals surface area contributed by atoms with Gasteiger partial charge in [0.25, 0.3) is 0 Å². The minimum atomic E-state index is -0.441. The van der Waals surface area contributed by atoms with Gasteiger partial charge in [-0.25, -0.2) is 9.78 Å². The molecule has 2 aliphatic carbocycles. The van der Waals surface area contributed by atoms with Crippen LogP contribution in [0.3, 0.4) is 0 Å². The van der Waals surface area contributed by atoms with Gasteiger partial charge in [0.05, 0.1) is 28.4 Å². The predicted molar refractivity (Wildman–Crippen MR) is 148 cm³/mol. The third kappa shape index (κ3) is 5.42. The third-order valence-electron chi connectivity index (χ3n) is 7.23. The molecule has 2 aliphatic rings. The van der Waals surface area contributed by atoms with Crippen molar-refractivity contribution in [2.24, 2.45) is 11.7 Å². The van der Waals surface area contributed by atoms with Crippen molar-refractivity contribution in [1.29, 1.82) is 0 Å². The molecule has 0 bridgehead atoms. The first-order valence-electron chi connectivity index (χ1n) is 12.5. The van der Waals surface area contributed by atoms with Gasteiger partial charge < -0.3 is 15.2 Å². The largest absolute Gasteiger partial charge is 0.489 e. The van der Waals surface area contributed by atoms with Gasteiger partial charge in [-0.2, -0.15) is 0 Å². The summed E-state index contributed by atoms with van der Waals surface area (Å²) in [6.45, 7) is 2.09. The van der Waals surface area contributed by atoms with Crippen LogP contribution in [-0.4, -0.2) is 30.5 Å². The molecule has 2 N–H and O–H groups in total. The number of hydrogen-bond acceptors (Lipinski definition) is 6. The summed E-state index contributed by atoms with van der Waals surface area (Å²) >= 11 is 12.7. The fourth-order valence-electron chi connectivity index (χ4n) is 4.85. The van der Waals surface area contributed by atoms with E-state index in [0.717, 1.165) is 30.4 Å². The molecule has 0 spiro atoms. The van der Waals surface area contributed by atoms with Crippen molar-refractivity contribution >= 4 is 40.7 Å². The van der Waals surface area contributed by atoms with Gasteiger partial charge in [0.15, 0.2) is 5.78 Å². The normalized spacial score (nSPS) is 18.9. The first-order chi connectivity index (χ1) is 18.3. The van der Waals surface area contributed by atoms with E-state index in [1.165, 1.54) is 12.7 Å². The summed E-state index contributed by atoms with van der Waals surface area (Å²) in [5, 5.41) is 0.788. The van der Waals surface area contributed by atoms with Crippen LogP contribution < -0.4 is 10.5 Å². The van der Waals surface area contributed by atoms with E-state index in [1.807, 2.05) is 18.2 Å². The van der Waals surface area contributed by atoms with Crippen LogP contribution >= 0.6 is 23.2 Å². The van der Waals surface area contributed by atoms with Gasteiger partial charge in [0.2, 0.25) is 0 Å². The standard InChI is InChI=1S/C30H28Cl2N2O4/c1-16-12-19(9-10-20(16)22-13-21(22)18-8-11-26(34-14-18)30(36)37-2)38-15-23(29(35)17-6-7-17)28(33)27-24(31)4-3-5-25(27)32/h3-5,8-12,14,17,21-22H,6-7,13,15,33H2,1-2H3. The molecule has 196 valence electrons. The number of benzene rings is 2. The number of ketones is 1. The lowest BCUT2D eigenvalue weighted by atomic mass is 10.00. The Morgan fingerprint density at radius 2 is 1.79 bits per heavy atom. The molecule has 6 nitrogen and oxygen atoms in total. The van der Waals surface area contributed by atoms with Gasteiger partial charge in [-0.05, 0) is 85.0 Å². The number of carbonyl (C=O) groups is 2. The monoisotopic (exact) mass is 550 g/mol. The summed E-state index contributed by atoms with van der Waals surface area (Å²) < 4.78 is 10.8. The van der Waals surface area contributed by atoms with Crippen LogP contribution in [0.5, 0.6) is 5.75 Å². The Bertz CT molecular complexity index is 1410. The van der Waals surface area contributed by atoms with Crippen LogP contribution in [0.25, 0.3) is 5.70 Å². The Balaban J connectivity index is 1.31. The van der Waals surface area contributed by atoms with Crippen molar-refractivity contribution in [3.63, 3.8) is 0 Å². The number of esters is 1. The third-order valence-corrected chi connectivity index (χ3v) is 7.86. The number of ether oxygens (including phenoxy) is 2. The molecule has 2 atom stereocenters. The van der Waals surface area contributed by atoms with Crippen molar-refractivity contribution < 1.29 is 19.1 Å². The van der Waals surface area contributed by atoms with Crippen LogP contribution in [0.2, 0.25) is 10.0 Å². The summed E-state index contributed by atoms with van der Waals surface area (Å²) in [7, 11) is 1.34. The summed E-state index contributed by atoms with van der Waals surface area (Å²) in [5.41, 5.74) is 11.3. The molecule has 0 amide bonds. The number of carbonyl (C=O) groups excluding carboxylic acids is 2. The van der Waals surface area contributed by atoms with E-state index in [-0.39, 0.29) is 24.0 Å². The quantitative estimate of drug-likeness (QED) is 0.242. The fourth-order valence-corrected chi connectivity index (χ4v) is 5.45. The maximum Gasteiger partial charge on any atom is 0.356 e. The van der Waals surface area contributed by atoms with Crippen molar-refractivity contribution in [2.75, 3.05) is 13.7 Å². The summed E-state index contributed by atoms with van der Waals surface area (Å²) in [6.07, 6.45) is 4.47. The molecule has 3 aromatic rings. The second-order valence-electron chi connectivity index (χ2n) is 9.85. The zero-order valence-electron chi connectivity index (χ0n) is 21.2. The minimum absolute atomic E-state index is 0.0144. The highest BCUT2D eigenvalue weighted by Gasteiger charge is 2.40. The maximum atomic E-state index is 13.1. The first-order valence-corrected chi connectivity index (χ1v) is 13.3. The molecule has 0 aliphatic heterocycles. The Morgan fingerprint density at radius 3 is 2.39 bits per heavy atom. The molecule has 2 saturated carbocycles. The predicted octanol–water partition coefficient (Wildman–Crippen LogP) is 6.48. The fraction of sp³-hybridized carbons (Fsp3) is 0.300. The highest BCUT2D eigenvalue weighted by Crippen LogP contribution is 2.55. The molecular weight excluding hydrogens is 523 g/mol. The average Bonchev–Trinajstić information content (AvgIpc) is 3.83. The molecule has 38 heavy (non-hydrogen) atoms. The molecule has 2 unspecified atom stereocenters. The minimum Gasteiger partial charge on any atom is -0.489 e. The van der Waals surface area contributed by atoms with E-state index < -0.39 is 5.97 Å². The Labute approximate surface area is 231 Å². The lowest BCUT2D eigenvalue weighted by molar-refractivity contribution is -0.116. The Morgan fingerprint density at radius 1 is 1.05 bits per heavy atom. The van der Waals surface area contributed by atoms with Gasteiger partial charge in [-0.1, -0.05) is 41.4 Å². The number of hydrogen-bond donors (Lipinski definition) is 1. The first kappa shape index (κ1) is 26.3. The summed E-state index contributed by atoms with van der Waals surface area (Å²) in [4.78, 5) is 29.0. The van der Waals surface area contributed by atoms with Crippen LogP contribution in [-0.2, 0) is 9.53 Å². The molecule has 0 radical (unpaired) electrons. The van der Waals surface area contributed by atoms with E-state index in [1.54, 1.807) is 30.5 Å². The van der Waals surface area contributed by atoms with Crippen LogP contribution in [0.1, 0.15) is 63.8 Å². The molecule has 1 aromatic heterocycles. The molecule has 0 saturated heterocycles. The molecular formula is C30H28Cl2N2O4. The van der Waals surface area contributed by atoms with Crippen molar-refractivity contribution in [3.8, 4) is 5.75 Å². The van der Waals surface area contributed by atoms with E-state index in [9.17, 15) is 9.59 Å². The SMILES string of the molecule is COC(=O)c1ccc(C2CC2c2ccc(OCC(C(=O)C3CC3)=C(N)c3c(Cl)cccc3Cl)cc2C)cn1. The Kier molecular flexibility index (Phi) is 7.46. The maximum absolute atomic E-state index is 13.1. The number of pyridine rings is 1. The van der Waals surface area contributed by atoms with E-state index >= 15 is 0 Å². The van der Waals surface area contributed by atoms with E-state index in [4.69, 9.17) is 38.4 Å². The molecule has 1 heterocycles. The van der Waals surface area contributed by atoms with Crippen LogP contribution in [0, 0.1) is 12.8 Å². The molecule has 2 fully saturated rings. The smallest absolute Gasteiger partial charge is 0.356 e. The van der Waals surface area contributed by atoms with Crippen LogP contribution in [0.4, 0.5) is 0 Å². The average molecular weight is 551 g/mol. The summed E-state index contributed by atoms with van der Waals surface area (Å²) in [6, 6.07) is 14.8. The second-order valence-corrected chi connectivity index (χ2v) is 10.7. The lowest BCUT2D eigenvalue weighted by Gasteiger charge is -2.16. The van der Waals surface area contributed by atoms with Gasteiger partial charge in [-0.3, -0.25) is 4.79 Å². The second kappa shape index (κ2) is 10.8. The highest BCUT2D eigenvalue weighted by atomic mass is 35.5. The molecule has 2 aromatic carbocycles. The highest BCUT2D eigenvalue weighted by molar-refractivity contribution is 6.37. The molecule has 5 rings (SSSR count). The number of nitrogens with zero attached hydrogens (tertiary/aromatic N) is 1. The lowest BCUT2D eigenvalue weighted by Crippen LogP contribution is -2.18. The zero-order chi connectivity index (χ0) is 27.0. The Hall–Kier alpha value is -3.35. The number of aromatic nitrogens is 1. The number of methoxy groups -OCH3 is 1. The van der Waals surface area contributed by atoms with Crippen molar-refractivity contribution in [2.45, 2.75) is 38.0 Å². The van der Waals surface area contributed by atoms with Gasteiger partial charge in [-0.15, -0.1) is 0 Å². The number of halogens is 2. The van der Waals surface area contributed by atoms with Gasteiger partial charge in [0.1, 0.15) is 18.1 Å².